The van der Waals surface area contributed by atoms with Gasteiger partial charge in [0.05, 0.1) is 18.5 Å². The second-order valence-corrected chi connectivity index (χ2v) is 9.62. The van der Waals surface area contributed by atoms with E-state index >= 15 is 0 Å². The van der Waals surface area contributed by atoms with Crippen molar-refractivity contribution < 1.29 is 17.9 Å². The van der Waals surface area contributed by atoms with E-state index < -0.39 is 16.1 Å². The quantitative estimate of drug-likeness (QED) is 0.583. The third-order valence-electron chi connectivity index (χ3n) is 4.74. The van der Waals surface area contributed by atoms with E-state index in [2.05, 4.69) is 5.32 Å². The lowest BCUT2D eigenvalue weighted by Gasteiger charge is -2.31. The van der Waals surface area contributed by atoms with Crippen molar-refractivity contribution in [2.24, 2.45) is 0 Å². The molecule has 0 aromatic heterocycles. The molecule has 1 atom stereocenters. The molecule has 2 aromatic rings. The molecule has 0 spiro atoms. The summed E-state index contributed by atoms with van der Waals surface area (Å²) in [6.07, 6.45) is 1.40. The average Bonchev–Trinajstić information content (AvgIpc) is 2.66. The smallest absolute Gasteiger partial charge is 0.244 e. The highest BCUT2D eigenvalue weighted by Crippen LogP contribution is 2.29. The SMILES string of the molecule is CC[C@@H](C(=O)NCCOc1cc(C)ccc1C)N(c1cc(Cl)ccc1C)S(C)(=O)=O. The third kappa shape index (κ3) is 6.12. The Balaban J connectivity index is 2.12. The van der Waals surface area contributed by atoms with Crippen LogP contribution in [0.25, 0.3) is 0 Å². The van der Waals surface area contributed by atoms with Gasteiger partial charge in [0.15, 0.2) is 0 Å². The number of amides is 1. The number of carbonyl (C=O) groups is 1. The van der Waals surface area contributed by atoms with Crippen LogP contribution in [0.3, 0.4) is 0 Å². The summed E-state index contributed by atoms with van der Waals surface area (Å²) >= 11 is 6.08. The zero-order valence-electron chi connectivity index (χ0n) is 18.0. The predicted octanol–water partition coefficient (Wildman–Crippen LogP) is 4.01. The zero-order valence-corrected chi connectivity index (χ0v) is 19.6. The molecule has 164 valence electrons. The van der Waals surface area contributed by atoms with Crippen molar-refractivity contribution >= 4 is 33.2 Å². The molecular formula is C22H29ClN2O4S. The average molecular weight is 453 g/mol. The monoisotopic (exact) mass is 452 g/mol. The van der Waals surface area contributed by atoms with Gasteiger partial charge in [-0.05, 0) is 62.1 Å². The summed E-state index contributed by atoms with van der Waals surface area (Å²) in [5, 5.41) is 3.20. The molecule has 1 N–H and O–H groups in total. The van der Waals surface area contributed by atoms with Crippen LogP contribution in [0.1, 0.15) is 30.0 Å². The van der Waals surface area contributed by atoms with Crippen LogP contribution >= 0.6 is 11.6 Å². The minimum Gasteiger partial charge on any atom is -0.491 e. The van der Waals surface area contributed by atoms with E-state index in [9.17, 15) is 13.2 Å². The number of carbonyl (C=O) groups excluding carboxylic acids is 1. The fourth-order valence-corrected chi connectivity index (χ4v) is 4.60. The molecule has 0 bridgehead atoms. The molecule has 30 heavy (non-hydrogen) atoms. The van der Waals surface area contributed by atoms with Gasteiger partial charge in [0.1, 0.15) is 18.4 Å². The van der Waals surface area contributed by atoms with Crippen LogP contribution in [-0.2, 0) is 14.8 Å². The van der Waals surface area contributed by atoms with E-state index in [0.717, 1.165) is 27.4 Å². The first-order chi connectivity index (χ1) is 14.0. The highest BCUT2D eigenvalue weighted by molar-refractivity contribution is 7.92. The predicted molar refractivity (Wildman–Crippen MR) is 122 cm³/mol. The van der Waals surface area contributed by atoms with Crippen molar-refractivity contribution in [2.45, 2.75) is 40.2 Å². The Bertz CT molecular complexity index is 1010. The second kappa shape index (κ2) is 10.2. The van der Waals surface area contributed by atoms with Crippen molar-refractivity contribution in [3.63, 3.8) is 0 Å². The standard InChI is InChI=1S/C22H29ClN2O4S/c1-6-19(25(30(5,27)28)20-14-18(23)10-9-16(20)3)22(26)24-11-12-29-21-13-15(2)7-8-17(21)4/h7-10,13-14,19H,6,11-12H2,1-5H3,(H,24,26)/t19-/m0/s1. The number of anilines is 1. The van der Waals surface area contributed by atoms with Gasteiger partial charge in [0.2, 0.25) is 15.9 Å². The molecule has 0 aliphatic rings. The molecule has 2 rings (SSSR count). The van der Waals surface area contributed by atoms with Gasteiger partial charge >= 0.3 is 0 Å². The molecule has 0 aliphatic carbocycles. The molecule has 0 aliphatic heterocycles. The number of rotatable bonds is 9. The van der Waals surface area contributed by atoms with Crippen molar-refractivity contribution in [3.8, 4) is 5.75 Å². The number of halogens is 1. The molecular weight excluding hydrogens is 424 g/mol. The molecule has 0 fully saturated rings. The summed E-state index contributed by atoms with van der Waals surface area (Å²) in [5.74, 6) is 0.385. The van der Waals surface area contributed by atoms with Gasteiger partial charge in [0, 0.05) is 5.02 Å². The minimum absolute atomic E-state index is 0.259. The number of sulfonamides is 1. The number of hydrogen-bond donors (Lipinski definition) is 1. The Morgan fingerprint density at radius 3 is 2.43 bits per heavy atom. The number of nitrogens with zero attached hydrogens (tertiary/aromatic N) is 1. The van der Waals surface area contributed by atoms with E-state index in [0.29, 0.717) is 22.7 Å². The van der Waals surface area contributed by atoms with E-state index in [4.69, 9.17) is 16.3 Å². The normalized spacial score (nSPS) is 12.3. The summed E-state index contributed by atoms with van der Waals surface area (Å²) in [4.78, 5) is 12.9. The van der Waals surface area contributed by atoms with Crippen LogP contribution in [-0.4, -0.2) is 39.8 Å². The fourth-order valence-electron chi connectivity index (χ4n) is 3.17. The van der Waals surface area contributed by atoms with Crippen LogP contribution in [0.2, 0.25) is 5.02 Å². The number of aryl methyl sites for hydroxylation is 3. The maximum atomic E-state index is 12.9. The van der Waals surface area contributed by atoms with Gasteiger partial charge in [-0.2, -0.15) is 0 Å². The molecule has 0 radical (unpaired) electrons. The summed E-state index contributed by atoms with van der Waals surface area (Å²) in [6.45, 7) is 8.03. The van der Waals surface area contributed by atoms with Gasteiger partial charge in [0.25, 0.3) is 0 Å². The molecule has 8 heteroatoms. The Kier molecular flexibility index (Phi) is 8.15. The van der Waals surface area contributed by atoms with Crippen LogP contribution in [0, 0.1) is 20.8 Å². The number of benzene rings is 2. The maximum absolute atomic E-state index is 12.9. The first-order valence-electron chi connectivity index (χ1n) is 9.78. The number of nitrogens with one attached hydrogen (secondary N) is 1. The lowest BCUT2D eigenvalue weighted by molar-refractivity contribution is -0.122. The minimum atomic E-state index is -3.71. The van der Waals surface area contributed by atoms with Crippen LogP contribution in [0.5, 0.6) is 5.75 Å². The first-order valence-corrected chi connectivity index (χ1v) is 12.0. The van der Waals surface area contributed by atoms with Crippen LogP contribution in [0.4, 0.5) is 5.69 Å². The number of hydrogen-bond acceptors (Lipinski definition) is 4. The second-order valence-electron chi connectivity index (χ2n) is 7.32. The van der Waals surface area contributed by atoms with E-state index in [1.54, 1.807) is 32.0 Å². The molecule has 2 aromatic carbocycles. The van der Waals surface area contributed by atoms with Crippen molar-refractivity contribution in [3.05, 3.63) is 58.1 Å². The Labute approximate surface area is 184 Å². The largest absolute Gasteiger partial charge is 0.491 e. The van der Waals surface area contributed by atoms with Gasteiger partial charge in [-0.25, -0.2) is 8.42 Å². The van der Waals surface area contributed by atoms with Gasteiger partial charge in [-0.3, -0.25) is 9.10 Å². The highest BCUT2D eigenvalue weighted by atomic mass is 35.5. The summed E-state index contributed by atoms with van der Waals surface area (Å²) in [5.41, 5.74) is 3.22. The van der Waals surface area contributed by atoms with Gasteiger partial charge < -0.3 is 10.1 Å². The molecule has 6 nitrogen and oxygen atoms in total. The van der Waals surface area contributed by atoms with Crippen molar-refractivity contribution in [1.29, 1.82) is 0 Å². The molecule has 0 saturated carbocycles. The summed E-state index contributed by atoms with van der Waals surface area (Å²) in [7, 11) is -3.71. The van der Waals surface area contributed by atoms with Crippen LogP contribution in [0.15, 0.2) is 36.4 Å². The first kappa shape index (κ1) is 24.0. The fraction of sp³-hybridized carbons (Fsp3) is 0.409. The van der Waals surface area contributed by atoms with E-state index in [1.807, 2.05) is 32.0 Å². The number of ether oxygens (including phenoxy) is 1. The maximum Gasteiger partial charge on any atom is 0.244 e. The van der Waals surface area contributed by atoms with Gasteiger partial charge in [-0.1, -0.05) is 36.7 Å². The Morgan fingerprint density at radius 1 is 1.13 bits per heavy atom. The lowest BCUT2D eigenvalue weighted by Crippen LogP contribution is -2.50. The Hall–Kier alpha value is -2.25. The Morgan fingerprint density at radius 2 is 1.80 bits per heavy atom. The van der Waals surface area contributed by atoms with Crippen LogP contribution < -0.4 is 14.4 Å². The third-order valence-corrected chi connectivity index (χ3v) is 6.14. The molecule has 0 heterocycles. The summed E-state index contributed by atoms with van der Waals surface area (Å²) in [6, 6.07) is 10.0. The topological polar surface area (TPSA) is 75.7 Å². The zero-order chi connectivity index (χ0) is 22.5. The van der Waals surface area contributed by atoms with E-state index in [-0.39, 0.29) is 19.1 Å². The lowest BCUT2D eigenvalue weighted by atomic mass is 10.1. The molecule has 0 saturated heterocycles. The molecule has 1 amide bonds. The summed E-state index contributed by atoms with van der Waals surface area (Å²) < 4.78 is 32.0. The van der Waals surface area contributed by atoms with Crippen molar-refractivity contribution in [1.82, 2.24) is 5.32 Å². The van der Waals surface area contributed by atoms with Crippen molar-refractivity contribution in [2.75, 3.05) is 23.7 Å². The highest BCUT2D eigenvalue weighted by Gasteiger charge is 2.32. The van der Waals surface area contributed by atoms with Gasteiger partial charge in [-0.15, -0.1) is 0 Å². The van der Waals surface area contributed by atoms with E-state index in [1.165, 1.54) is 0 Å². The molecule has 0 unspecified atom stereocenters.